The van der Waals surface area contributed by atoms with Crippen molar-refractivity contribution < 1.29 is 19.4 Å². The van der Waals surface area contributed by atoms with E-state index >= 15 is 0 Å². The summed E-state index contributed by atoms with van der Waals surface area (Å²) in [6.07, 6.45) is 0. The lowest BCUT2D eigenvalue weighted by atomic mass is 10.1. The highest BCUT2D eigenvalue weighted by molar-refractivity contribution is 6.05. The van der Waals surface area contributed by atoms with Gasteiger partial charge in [0.15, 0.2) is 5.75 Å². The maximum atomic E-state index is 11.9. The number of benzene rings is 1. The third-order valence-electron chi connectivity index (χ3n) is 2.60. The van der Waals surface area contributed by atoms with Crippen molar-refractivity contribution >= 4 is 17.6 Å². The number of methoxy groups -OCH3 is 1. The third-order valence-corrected chi connectivity index (χ3v) is 2.60. The van der Waals surface area contributed by atoms with Crippen LogP contribution in [0.5, 0.6) is 5.75 Å². The fraction of sp³-hybridized carbons (Fsp3) is 0.0769. The number of phenolic OH excluding ortho intramolecular Hbond substituents is 1. The fourth-order valence-corrected chi connectivity index (χ4v) is 1.58. The molecule has 0 saturated heterocycles. The first-order valence-corrected chi connectivity index (χ1v) is 5.80. The number of aromatic amines is 1. The van der Waals surface area contributed by atoms with Crippen LogP contribution in [0.4, 0.5) is 5.69 Å². The van der Waals surface area contributed by atoms with E-state index in [0.717, 1.165) is 6.07 Å². The molecule has 0 fully saturated rings. The Bertz CT molecular complexity index is 733. The van der Waals surface area contributed by atoms with Gasteiger partial charge in [0.1, 0.15) is 11.3 Å². The number of carbonyl (C=O) groups excluding carboxylic acids is 2. The number of amides is 1. The number of aromatic hydroxyl groups is 1. The summed E-state index contributed by atoms with van der Waals surface area (Å²) < 4.78 is 4.51. The Morgan fingerprint density at radius 2 is 2.05 bits per heavy atom. The number of rotatable bonds is 3. The third kappa shape index (κ3) is 3.06. The molecule has 0 radical (unpaired) electrons. The molecule has 21 heavy (non-hydrogen) atoms. The first-order chi connectivity index (χ1) is 10.0. The smallest absolute Gasteiger partial charge is 0.341 e. The molecule has 0 aliphatic rings. The summed E-state index contributed by atoms with van der Waals surface area (Å²) >= 11 is 0. The minimum atomic E-state index is -0.731. The van der Waals surface area contributed by atoms with Gasteiger partial charge < -0.3 is 15.2 Å². The van der Waals surface area contributed by atoms with Crippen molar-refractivity contribution in [3.8, 4) is 5.75 Å². The highest BCUT2D eigenvalue weighted by Crippen LogP contribution is 2.28. The number of aromatic nitrogens is 2. The summed E-state index contributed by atoms with van der Waals surface area (Å²) in [7, 11) is 1.18. The molecule has 8 heteroatoms. The van der Waals surface area contributed by atoms with E-state index < -0.39 is 23.2 Å². The summed E-state index contributed by atoms with van der Waals surface area (Å²) in [5, 5.41) is 18.0. The van der Waals surface area contributed by atoms with Gasteiger partial charge >= 0.3 is 5.97 Å². The van der Waals surface area contributed by atoms with Crippen molar-refractivity contribution in [3.05, 3.63) is 51.9 Å². The quantitative estimate of drug-likeness (QED) is 0.559. The van der Waals surface area contributed by atoms with Crippen molar-refractivity contribution in [1.29, 1.82) is 0 Å². The largest absolute Gasteiger partial charge is 0.505 e. The molecule has 0 aliphatic heterocycles. The average molecular weight is 289 g/mol. The fourth-order valence-electron chi connectivity index (χ4n) is 1.58. The van der Waals surface area contributed by atoms with Crippen molar-refractivity contribution in [3.63, 3.8) is 0 Å². The number of phenols is 1. The maximum Gasteiger partial charge on any atom is 0.341 e. The van der Waals surface area contributed by atoms with Crippen LogP contribution in [0.3, 0.4) is 0 Å². The highest BCUT2D eigenvalue weighted by Gasteiger charge is 2.17. The van der Waals surface area contributed by atoms with Gasteiger partial charge in [-0.05, 0) is 18.2 Å². The second kappa shape index (κ2) is 5.87. The van der Waals surface area contributed by atoms with Gasteiger partial charge in [0, 0.05) is 6.07 Å². The Morgan fingerprint density at radius 1 is 1.29 bits per heavy atom. The Morgan fingerprint density at radius 3 is 2.67 bits per heavy atom. The first kappa shape index (κ1) is 14.3. The topological polar surface area (TPSA) is 121 Å². The van der Waals surface area contributed by atoms with Crippen LogP contribution in [0.15, 0.2) is 35.1 Å². The lowest BCUT2D eigenvalue weighted by Gasteiger charge is -2.09. The molecule has 8 nitrogen and oxygen atoms in total. The molecule has 3 N–H and O–H groups in total. The predicted octanol–water partition coefficient (Wildman–Crippen LogP) is 0.514. The maximum absolute atomic E-state index is 11.9. The van der Waals surface area contributed by atoms with Gasteiger partial charge in [-0.15, -0.1) is 0 Å². The highest BCUT2D eigenvalue weighted by atomic mass is 16.5. The summed E-state index contributed by atoms with van der Waals surface area (Å²) in [4.78, 5) is 34.2. The van der Waals surface area contributed by atoms with E-state index in [1.165, 1.54) is 31.4 Å². The van der Waals surface area contributed by atoms with Gasteiger partial charge in [0.2, 0.25) is 0 Å². The van der Waals surface area contributed by atoms with E-state index in [2.05, 4.69) is 20.3 Å². The van der Waals surface area contributed by atoms with Gasteiger partial charge in [-0.3, -0.25) is 9.59 Å². The van der Waals surface area contributed by atoms with Crippen LogP contribution in [0, 0.1) is 0 Å². The van der Waals surface area contributed by atoms with E-state index in [9.17, 15) is 19.5 Å². The average Bonchev–Trinajstić information content (AvgIpc) is 2.49. The van der Waals surface area contributed by atoms with Crippen LogP contribution < -0.4 is 10.9 Å². The Kier molecular flexibility index (Phi) is 3.98. The van der Waals surface area contributed by atoms with Crippen molar-refractivity contribution in [2.24, 2.45) is 0 Å². The van der Waals surface area contributed by atoms with Crippen LogP contribution in [0.1, 0.15) is 20.8 Å². The van der Waals surface area contributed by atoms with Crippen LogP contribution in [0.25, 0.3) is 0 Å². The Labute approximate surface area is 118 Å². The predicted molar refractivity (Wildman–Crippen MR) is 72.3 cm³/mol. The standard InChI is InChI=1S/C13H11N3O5/c1-21-13(20)7-3-2-4-8(11(7)18)14-12(19)9-5-6-10(17)16-15-9/h2-6,18H,1H3,(H,14,19)(H,16,17). The molecule has 1 aromatic carbocycles. The van der Waals surface area contributed by atoms with Crippen LogP contribution >= 0.6 is 0 Å². The van der Waals surface area contributed by atoms with Gasteiger partial charge in [0.05, 0.1) is 12.8 Å². The zero-order valence-corrected chi connectivity index (χ0v) is 10.9. The molecular formula is C13H11N3O5. The van der Waals surface area contributed by atoms with E-state index in [1.54, 1.807) is 0 Å². The van der Waals surface area contributed by atoms with Crippen LogP contribution in [-0.2, 0) is 4.74 Å². The zero-order valence-electron chi connectivity index (χ0n) is 10.9. The van der Waals surface area contributed by atoms with E-state index in [-0.39, 0.29) is 16.9 Å². The zero-order chi connectivity index (χ0) is 15.4. The number of para-hydroxylation sites is 1. The van der Waals surface area contributed by atoms with Gasteiger partial charge in [0.25, 0.3) is 11.5 Å². The number of ether oxygens (including phenoxy) is 1. The molecule has 1 amide bonds. The molecule has 1 aromatic heterocycles. The molecule has 0 aliphatic carbocycles. The summed E-state index contributed by atoms with van der Waals surface area (Å²) in [5.41, 5.74) is -0.541. The molecule has 0 spiro atoms. The normalized spacial score (nSPS) is 9.95. The summed E-state index contributed by atoms with van der Waals surface area (Å²) in [5.74, 6) is -1.79. The van der Waals surface area contributed by atoms with Gasteiger partial charge in [-0.2, -0.15) is 5.10 Å². The SMILES string of the molecule is COC(=O)c1cccc(NC(=O)c2ccc(=O)[nH]n2)c1O. The number of nitrogens with zero attached hydrogens (tertiary/aromatic N) is 1. The van der Waals surface area contributed by atoms with Crippen LogP contribution in [-0.4, -0.2) is 34.3 Å². The second-order valence-electron chi connectivity index (χ2n) is 3.95. The number of nitrogens with one attached hydrogen (secondary N) is 2. The first-order valence-electron chi connectivity index (χ1n) is 5.80. The Hall–Kier alpha value is -3.16. The number of anilines is 1. The number of hydrogen-bond acceptors (Lipinski definition) is 6. The molecule has 0 atom stereocenters. The van der Waals surface area contributed by atoms with Crippen molar-refractivity contribution in [2.45, 2.75) is 0 Å². The number of carbonyl (C=O) groups is 2. The summed E-state index contributed by atoms with van der Waals surface area (Å²) in [6, 6.07) is 6.62. The molecule has 108 valence electrons. The number of hydrogen-bond donors (Lipinski definition) is 3. The minimum Gasteiger partial charge on any atom is -0.505 e. The van der Waals surface area contributed by atoms with E-state index in [0.29, 0.717) is 0 Å². The second-order valence-corrected chi connectivity index (χ2v) is 3.95. The molecule has 1 heterocycles. The molecule has 0 bridgehead atoms. The number of H-pyrrole nitrogens is 1. The lowest BCUT2D eigenvalue weighted by molar-refractivity contribution is 0.0597. The van der Waals surface area contributed by atoms with Gasteiger partial charge in [-0.1, -0.05) is 6.07 Å². The monoisotopic (exact) mass is 289 g/mol. The van der Waals surface area contributed by atoms with E-state index in [4.69, 9.17) is 0 Å². The van der Waals surface area contributed by atoms with Crippen LogP contribution in [0.2, 0.25) is 0 Å². The van der Waals surface area contributed by atoms with Gasteiger partial charge in [-0.25, -0.2) is 9.89 Å². The molecule has 2 aromatic rings. The van der Waals surface area contributed by atoms with Crippen molar-refractivity contribution in [1.82, 2.24) is 10.2 Å². The molecule has 2 rings (SSSR count). The molecular weight excluding hydrogens is 278 g/mol. The number of esters is 1. The van der Waals surface area contributed by atoms with E-state index in [1.807, 2.05) is 0 Å². The van der Waals surface area contributed by atoms with Crippen molar-refractivity contribution in [2.75, 3.05) is 12.4 Å². The Balaban J connectivity index is 2.27. The minimum absolute atomic E-state index is 0.0240. The molecule has 0 unspecified atom stereocenters. The molecule has 0 saturated carbocycles. The summed E-state index contributed by atoms with van der Waals surface area (Å²) in [6.45, 7) is 0. The lowest BCUT2D eigenvalue weighted by Crippen LogP contribution is -2.18.